The summed E-state index contributed by atoms with van der Waals surface area (Å²) in [5, 5.41) is 4.01. The molecule has 0 spiro atoms. The molecule has 0 bridgehead atoms. The molecule has 0 atom stereocenters. The zero-order valence-electron chi connectivity index (χ0n) is 8.50. The molecule has 1 N–H and O–H groups in total. The molecule has 0 heterocycles. The fourth-order valence-electron chi connectivity index (χ4n) is 0.803. The van der Waals surface area contributed by atoms with Crippen LogP contribution in [0.15, 0.2) is 34.3 Å². The van der Waals surface area contributed by atoms with Crippen molar-refractivity contribution in [1.29, 1.82) is 0 Å². The van der Waals surface area contributed by atoms with Crippen LogP contribution in [0.2, 0.25) is 0 Å². The molecule has 1 aromatic rings. The van der Waals surface area contributed by atoms with Crippen LogP contribution in [0.25, 0.3) is 0 Å². The summed E-state index contributed by atoms with van der Waals surface area (Å²) in [5.74, 6) is 0. The van der Waals surface area contributed by atoms with Gasteiger partial charge in [0.2, 0.25) is 0 Å². The Labute approximate surface area is 104 Å². The first-order chi connectivity index (χ1) is 7.09. The average molecular weight is 263 g/mol. The highest BCUT2D eigenvalue weighted by atomic mass is 35.5. The molecule has 0 saturated carbocycles. The summed E-state index contributed by atoms with van der Waals surface area (Å²) in [4.78, 5) is 3.37. The zero-order valence-corrected chi connectivity index (χ0v) is 10.8. The van der Waals surface area contributed by atoms with Crippen molar-refractivity contribution in [3.8, 4) is 0 Å². The van der Waals surface area contributed by atoms with E-state index in [1.165, 1.54) is 17.5 Å². The Morgan fingerprint density at radius 3 is 2.47 bits per heavy atom. The number of benzene rings is 1. The van der Waals surface area contributed by atoms with Crippen molar-refractivity contribution in [2.24, 2.45) is 5.10 Å². The molecule has 0 fully saturated rings. The standard InChI is InChI=1S/C10H12Cl2N2S/c1-7-3-5-9(6-4-7)15-14-13-8(2)10(11)12/h3-6,10,14H,1-2H3/b13-8+. The van der Waals surface area contributed by atoms with Crippen LogP contribution in [-0.2, 0) is 0 Å². The Morgan fingerprint density at radius 2 is 1.93 bits per heavy atom. The maximum absolute atomic E-state index is 5.62. The van der Waals surface area contributed by atoms with E-state index in [-0.39, 0.29) is 0 Å². The molecular weight excluding hydrogens is 251 g/mol. The van der Waals surface area contributed by atoms with E-state index in [9.17, 15) is 0 Å². The number of hydrogen-bond donors (Lipinski definition) is 1. The Kier molecular flexibility index (Phi) is 5.29. The van der Waals surface area contributed by atoms with Gasteiger partial charge < -0.3 is 0 Å². The lowest BCUT2D eigenvalue weighted by atomic mass is 10.2. The van der Waals surface area contributed by atoms with Gasteiger partial charge in [0.25, 0.3) is 0 Å². The second kappa shape index (κ2) is 6.26. The largest absolute Gasteiger partial charge is 0.247 e. The van der Waals surface area contributed by atoms with Gasteiger partial charge in [0.05, 0.1) is 5.71 Å². The quantitative estimate of drug-likeness (QED) is 0.387. The summed E-state index contributed by atoms with van der Waals surface area (Å²) in [6.07, 6.45) is 0. The third-order valence-electron chi connectivity index (χ3n) is 1.72. The lowest BCUT2D eigenvalue weighted by Crippen LogP contribution is -2.07. The zero-order chi connectivity index (χ0) is 11.3. The van der Waals surface area contributed by atoms with E-state index in [0.717, 1.165) is 4.90 Å². The molecule has 15 heavy (non-hydrogen) atoms. The topological polar surface area (TPSA) is 24.4 Å². The first kappa shape index (κ1) is 12.7. The summed E-state index contributed by atoms with van der Waals surface area (Å²) in [6.45, 7) is 3.82. The minimum absolute atomic E-state index is 0.559. The van der Waals surface area contributed by atoms with E-state index in [4.69, 9.17) is 23.2 Å². The number of nitrogens with zero attached hydrogens (tertiary/aromatic N) is 1. The van der Waals surface area contributed by atoms with E-state index >= 15 is 0 Å². The molecule has 2 nitrogen and oxygen atoms in total. The smallest absolute Gasteiger partial charge is 0.147 e. The number of hydrazone groups is 1. The van der Waals surface area contributed by atoms with E-state index in [1.807, 2.05) is 24.3 Å². The monoisotopic (exact) mass is 262 g/mol. The molecule has 0 radical (unpaired) electrons. The molecule has 0 aliphatic heterocycles. The van der Waals surface area contributed by atoms with Gasteiger partial charge in [-0.2, -0.15) is 5.10 Å². The molecule has 0 unspecified atom stereocenters. The lowest BCUT2D eigenvalue weighted by Gasteiger charge is -2.03. The van der Waals surface area contributed by atoms with Crippen LogP contribution in [0, 0.1) is 6.92 Å². The van der Waals surface area contributed by atoms with Crippen LogP contribution in [0.1, 0.15) is 12.5 Å². The molecule has 0 amide bonds. The van der Waals surface area contributed by atoms with Gasteiger partial charge in [0.1, 0.15) is 4.84 Å². The van der Waals surface area contributed by atoms with Gasteiger partial charge in [-0.1, -0.05) is 40.9 Å². The minimum Gasteiger partial charge on any atom is -0.247 e. The number of aryl methyl sites for hydroxylation is 1. The van der Waals surface area contributed by atoms with Crippen molar-refractivity contribution >= 4 is 40.9 Å². The van der Waals surface area contributed by atoms with Crippen LogP contribution in [0.3, 0.4) is 0 Å². The van der Waals surface area contributed by atoms with Crippen molar-refractivity contribution in [1.82, 2.24) is 4.83 Å². The second-order valence-electron chi connectivity index (χ2n) is 3.06. The van der Waals surface area contributed by atoms with Gasteiger partial charge in [0.15, 0.2) is 0 Å². The van der Waals surface area contributed by atoms with Gasteiger partial charge in [-0.25, -0.2) is 4.83 Å². The van der Waals surface area contributed by atoms with Gasteiger partial charge >= 0.3 is 0 Å². The fourth-order valence-corrected chi connectivity index (χ4v) is 1.47. The molecular formula is C10H12Cl2N2S. The van der Waals surface area contributed by atoms with E-state index < -0.39 is 4.84 Å². The Morgan fingerprint density at radius 1 is 1.33 bits per heavy atom. The van der Waals surface area contributed by atoms with Crippen molar-refractivity contribution < 1.29 is 0 Å². The summed E-state index contributed by atoms with van der Waals surface area (Å²) in [6, 6.07) is 8.15. The Hall–Kier alpha value is -0.380. The van der Waals surface area contributed by atoms with Crippen LogP contribution in [-0.4, -0.2) is 10.5 Å². The maximum Gasteiger partial charge on any atom is 0.147 e. The van der Waals surface area contributed by atoms with Crippen LogP contribution >= 0.6 is 35.1 Å². The molecule has 0 aliphatic carbocycles. The minimum atomic E-state index is -0.559. The normalized spacial score (nSPS) is 11.9. The summed E-state index contributed by atoms with van der Waals surface area (Å²) < 4.78 is 0. The van der Waals surface area contributed by atoms with Gasteiger partial charge in [0, 0.05) is 16.8 Å². The van der Waals surface area contributed by atoms with Crippen molar-refractivity contribution in [3.05, 3.63) is 29.8 Å². The SMILES string of the molecule is C/C(=N\NSc1ccc(C)cc1)C(Cl)Cl. The molecule has 0 aromatic heterocycles. The molecule has 1 aromatic carbocycles. The summed E-state index contributed by atoms with van der Waals surface area (Å²) in [5.41, 5.74) is 1.89. The van der Waals surface area contributed by atoms with Gasteiger partial charge in [-0.15, -0.1) is 0 Å². The van der Waals surface area contributed by atoms with Gasteiger partial charge in [-0.3, -0.25) is 0 Å². The van der Waals surface area contributed by atoms with Crippen molar-refractivity contribution in [2.45, 2.75) is 23.6 Å². The third kappa shape index (κ3) is 4.78. The molecule has 5 heteroatoms. The molecule has 0 aliphatic rings. The predicted molar refractivity (Wildman–Crippen MR) is 68.8 cm³/mol. The van der Waals surface area contributed by atoms with E-state index in [0.29, 0.717) is 5.71 Å². The van der Waals surface area contributed by atoms with Crippen LogP contribution < -0.4 is 4.83 Å². The lowest BCUT2D eigenvalue weighted by molar-refractivity contribution is 1.09. The van der Waals surface area contributed by atoms with Crippen molar-refractivity contribution in [3.63, 3.8) is 0 Å². The Balaban J connectivity index is 2.44. The second-order valence-corrected chi connectivity index (χ2v) is 5.01. The first-order valence-corrected chi connectivity index (χ1v) is 6.09. The van der Waals surface area contributed by atoms with Crippen LogP contribution in [0.4, 0.5) is 0 Å². The molecule has 0 saturated heterocycles. The first-order valence-electron chi connectivity index (χ1n) is 4.40. The number of rotatable bonds is 4. The Bertz CT molecular complexity index is 336. The van der Waals surface area contributed by atoms with E-state index in [2.05, 4.69) is 16.9 Å². The fraction of sp³-hybridized carbons (Fsp3) is 0.300. The summed E-state index contributed by atoms with van der Waals surface area (Å²) in [7, 11) is 0. The molecule has 1 rings (SSSR count). The van der Waals surface area contributed by atoms with Gasteiger partial charge in [-0.05, 0) is 26.0 Å². The number of alkyl halides is 2. The highest BCUT2D eigenvalue weighted by Gasteiger charge is 2.01. The highest BCUT2D eigenvalue weighted by molar-refractivity contribution is 7.97. The van der Waals surface area contributed by atoms with Crippen molar-refractivity contribution in [2.75, 3.05) is 0 Å². The van der Waals surface area contributed by atoms with Crippen LogP contribution in [0.5, 0.6) is 0 Å². The predicted octanol–water partition coefficient (Wildman–Crippen LogP) is 3.77. The highest BCUT2D eigenvalue weighted by Crippen LogP contribution is 2.15. The number of nitrogens with one attached hydrogen (secondary N) is 1. The van der Waals surface area contributed by atoms with E-state index in [1.54, 1.807) is 6.92 Å². The number of halogens is 2. The average Bonchev–Trinajstić information content (AvgIpc) is 2.20. The number of hydrogen-bond acceptors (Lipinski definition) is 3. The third-order valence-corrected chi connectivity index (χ3v) is 3.04. The maximum atomic E-state index is 5.62. The molecule has 82 valence electrons. The summed E-state index contributed by atoms with van der Waals surface area (Å²) >= 11 is 12.7.